The predicted molar refractivity (Wildman–Crippen MR) is 85.0 cm³/mol. The maximum absolute atomic E-state index is 13.7. The Balaban J connectivity index is 0.0000160. The van der Waals surface area contributed by atoms with E-state index in [4.69, 9.17) is 0 Å². The fourth-order valence-electron chi connectivity index (χ4n) is 2.19. The average Bonchev–Trinajstić information content (AvgIpc) is 2.75. The van der Waals surface area contributed by atoms with Crippen molar-refractivity contribution < 1.29 is 131 Å². The Hall–Kier alpha value is -1.66. The number of alkyl halides is 17. The van der Waals surface area contributed by atoms with Gasteiger partial charge in [-0.3, -0.25) is 0 Å². The van der Waals surface area contributed by atoms with Crippen molar-refractivity contribution in [2.75, 3.05) is 0 Å². The molecule has 0 atom stereocenters. The first-order chi connectivity index (χ1) is 17.2. The zero-order valence-electron chi connectivity index (χ0n) is 18.5. The van der Waals surface area contributed by atoms with Crippen LogP contribution in [-0.2, 0) is 10.1 Å². The zero-order valence-corrected chi connectivity index (χ0v) is 21.3. The summed E-state index contributed by atoms with van der Waals surface area (Å²) in [7, 11) is -5.34. The van der Waals surface area contributed by atoms with Gasteiger partial charge in [0, 0.05) is 0 Å². The van der Waals surface area contributed by atoms with Crippen LogP contribution in [0.2, 0.25) is 0 Å². The van der Waals surface area contributed by atoms with Crippen LogP contribution in [-0.4, -0.2) is 60.8 Å². The zero-order chi connectivity index (χ0) is 32.3. The van der Waals surface area contributed by atoms with Gasteiger partial charge in [0.1, 0.15) is 15.9 Å². The van der Waals surface area contributed by atoms with Gasteiger partial charge >= 0.3 is 77.4 Å². The van der Waals surface area contributed by atoms with Gasteiger partial charge in [-0.2, -0.15) is 74.6 Å². The fourth-order valence-corrected chi connectivity index (χ4v) is 2.66. The molecule has 1 rings (SSSR count). The molecule has 0 saturated carbocycles. The molecule has 4 nitrogen and oxygen atoms in total. The molecule has 0 heterocycles. The van der Waals surface area contributed by atoms with E-state index < -0.39 is 80.2 Å². The van der Waals surface area contributed by atoms with Crippen molar-refractivity contribution in [2.24, 2.45) is 0 Å². The molecule has 0 aromatic heterocycles. The van der Waals surface area contributed by atoms with Crippen molar-refractivity contribution in [3.63, 3.8) is 0 Å². The van der Waals surface area contributed by atoms with Gasteiger partial charge in [0.25, 0.3) is 0 Å². The summed E-state index contributed by atoms with van der Waals surface area (Å²) in [6, 6.07) is -0.220. The molecular formula is C16H4F19NaO4S. The monoisotopic (exact) mass is 676 g/mol. The van der Waals surface area contributed by atoms with Crippen molar-refractivity contribution in [2.45, 2.75) is 52.7 Å². The topological polar surface area (TPSA) is 66.4 Å². The van der Waals surface area contributed by atoms with Crippen molar-refractivity contribution in [3.05, 3.63) is 35.9 Å². The number of hydrogen-bond donors (Lipinski definition) is 0. The third-order valence-corrected chi connectivity index (χ3v) is 5.25. The molecule has 0 fully saturated rings. The minimum Gasteiger partial charge on any atom is -0.744 e. The summed E-state index contributed by atoms with van der Waals surface area (Å²) in [5.41, 5.74) is 0. The quantitative estimate of drug-likeness (QED) is 0.213. The number of allylic oxidation sites excluding steroid dienone is 2. The normalized spacial score (nSPS) is 15.7. The molecule has 0 N–H and O–H groups in total. The molecule has 0 aliphatic heterocycles. The van der Waals surface area contributed by atoms with Crippen molar-refractivity contribution >= 4 is 10.1 Å². The second kappa shape index (κ2) is 11.1. The number of hydrogen-bond acceptors (Lipinski definition) is 4. The molecule has 1 aromatic carbocycles. The molecule has 41 heavy (non-hydrogen) atoms. The van der Waals surface area contributed by atoms with Crippen LogP contribution in [0.1, 0.15) is 0 Å². The van der Waals surface area contributed by atoms with Gasteiger partial charge in [-0.15, -0.1) is 0 Å². The largest absolute Gasteiger partial charge is 1.00 e. The van der Waals surface area contributed by atoms with Crippen LogP contribution >= 0.6 is 0 Å². The molecule has 1 aromatic rings. The minimum absolute atomic E-state index is 0. The summed E-state index contributed by atoms with van der Waals surface area (Å²) in [5.74, 6) is -62.0. The van der Waals surface area contributed by atoms with E-state index in [9.17, 15) is 96.4 Å². The van der Waals surface area contributed by atoms with E-state index in [1.165, 1.54) is 0 Å². The van der Waals surface area contributed by atoms with E-state index in [1.54, 1.807) is 0 Å². The second-order valence-corrected chi connectivity index (χ2v) is 8.50. The van der Waals surface area contributed by atoms with E-state index in [0.29, 0.717) is 0 Å². The summed E-state index contributed by atoms with van der Waals surface area (Å²) in [5, 5.41) is 0. The molecule has 0 aliphatic rings. The first-order valence-electron chi connectivity index (χ1n) is 8.77. The fraction of sp³-hybridized carbons (Fsp3) is 0.500. The van der Waals surface area contributed by atoms with Crippen LogP contribution in [0, 0.1) is 0 Å². The maximum atomic E-state index is 13.7. The third-order valence-electron chi connectivity index (χ3n) is 4.40. The summed E-state index contributed by atoms with van der Waals surface area (Å²) in [6.07, 6.45) is -14.8. The molecule has 232 valence electrons. The molecule has 25 heteroatoms. The Kier molecular flexibility index (Phi) is 10.7. The van der Waals surface area contributed by atoms with Gasteiger partial charge in [0.05, 0.1) is 4.90 Å². The van der Waals surface area contributed by atoms with Crippen LogP contribution in [0.5, 0.6) is 5.75 Å². The minimum atomic E-state index is -8.56. The molecule has 0 spiro atoms. The van der Waals surface area contributed by atoms with Crippen molar-refractivity contribution in [1.82, 2.24) is 0 Å². The standard InChI is InChI=1S/C16H5F19O4S.Na/c17-7(9(19,20)11(23,24)13(27,28)14(29,30)15(31,32)33)8(18)10(21,22)12(25,26)16(34,35)39-5-1-3-6(4-2-5)40(36,37)38;/h1-4H,(H,36,37,38);/q;+1/p-1/b8-7+;. The average molecular weight is 676 g/mol. The van der Waals surface area contributed by atoms with Crippen molar-refractivity contribution in [1.29, 1.82) is 0 Å². The summed E-state index contributed by atoms with van der Waals surface area (Å²) >= 11 is 0. The van der Waals surface area contributed by atoms with E-state index in [1.807, 2.05) is 0 Å². The molecule has 0 unspecified atom stereocenters. The van der Waals surface area contributed by atoms with E-state index in [2.05, 4.69) is 4.74 Å². The number of rotatable bonds is 10. The Morgan fingerprint density at radius 1 is 0.585 bits per heavy atom. The molecule has 0 aliphatic carbocycles. The third kappa shape index (κ3) is 6.34. The molecule has 0 bridgehead atoms. The van der Waals surface area contributed by atoms with Gasteiger partial charge in [0.2, 0.25) is 11.7 Å². The first-order valence-corrected chi connectivity index (χ1v) is 10.2. The van der Waals surface area contributed by atoms with Crippen LogP contribution in [0.25, 0.3) is 0 Å². The second-order valence-electron chi connectivity index (χ2n) is 7.12. The number of benzene rings is 1. The number of halogens is 19. The van der Waals surface area contributed by atoms with E-state index >= 15 is 0 Å². The Morgan fingerprint density at radius 3 is 1.24 bits per heavy atom. The maximum Gasteiger partial charge on any atom is 1.00 e. The molecule has 0 radical (unpaired) electrons. The van der Waals surface area contributed by atoms with E-state index in [0.717, 1.165) is 0 Å². The van der Waals surface area contributed by atoms with Crippen LogP contribution in [0.15, 0.2) is 40.8 Å². The van der Waals surface area contributed by atoms with Crippen LogP contribution in [0.4, 0.5) is 83.4 Å². The van der Waals surface area contributed by atoms with Crippen molar-refractivity contribution in [3.8, 4) is 5.75 Å². The van der Waals surface area contributed by atoms with Gasteiger partial charge < -0.3 is 9.29 Å². The van der Waals surface area contributed by atoms with Gasteiger partial charge in [-0.25, -0.2) is 17.2 Å². The smallest absolute Gasteiger partial charge is 0.744 e. The molecule has 0 amide bonds. The van der Waals surface area contributed by atoms with Crippen LogP contribution in [0.3, 0.4) is 0 Å². The Bertz CT molecular complexity index is 1240. The Morgan fingerprint density at radius 2 is 0.927 bits per heavy atom. The summed E-state index contributed by atoms with van der Waals surface area (Å²) in [4.78, 5) is -1.28. The number of ether oxygens (including phenoxy) is 1. The van der Waals surface area contributed by atoms with Gasteiger partial charge in [-0.1, -0.05) is 0 Å². The SMILES string of the molecule is O=S(=O)([O-])c1ccc(OC(F)(F)C(F)(F)C(F)(F)/C(F)=C(\F)C(F)(F)C(F)(F)C(F)(F)C(F)(F)C(F)(F)F)cc1.[Na+]. The van der Waals surface area contributed by atoms with E-state index in [-0.39, 0.29) is 53.8 Å². The predicted octanol–water partition coefficient (Wildman–Crippen LogP) is 4.09. The summed E-state index contributed by atoms with van der Waals surface area (Å²) < 4.78 is 286. The van der Waals surface area contributed by atoms with Gasteiger partial charge in [0.15, 0.2) is 0 Å². The molecule has 0 saturated heterocycles. The van der Waals surface area contributed by atoms with Gasteiger partial charge in [-0.05, 0) is 24.3 Å². The summed E-state index contributed by atoms with van der Waals surface area (Å²) in [6.45, 7) is 0. The Labute approximate surface area is 235 Å². The van der Waals surface area contributed by atoms with Crippen LogP contribution < -0.4 is 34.3 Å². The first kappa shape index (κ1) is 39.3. The molecular weight excluding hydrogens is 672 g/mol.